The van der Waals surface area contributed by atoms with E-state index in [0.717, 1.165) is 41.9 Å². The van der Waals surface area contributed by atoms with E-state index < -0.39 is 0 Å². The minimum absolute atomic E-state index is 0.0689. The van der Waals surface area contributed by atoms with Crippen LogP contribution in [0.1, 0.15) is 34.6 Å². The average Bonchev–Trinajstić information content (AvgIpc) is 3.27. The maximum Gasteiger partial charge on any atom is 0.251 e. The standard InChI is InChI=1S/C29H30N4O3/c1-36-23-16-14-22(15-17-23)29(35)30-18-6-13-27-31-24-10-3-5-12-26(24)33(27)20-28(34)32-19-7-9-21-8-2-4-11-25(21)32/h2-5,8,10-12,14-17H,6-7,9,13,18-20H2,1H3,(H,30,35). The zero-order valence-corrected chi connectivity index (χ0v) is 20.4. The van der Waals surface area contributed by atoms with Crippen molar-refractivity contribution in [3.05, 3.63) is 89.7 Å². The molecule has 1 aliphatic rings. The number of hydrogen-bond acceptors (Lipinski definition) is 4. The van der Waals surface area contributed by atoms with Crippen molar-refractivity contribution in [3.8, 4) is 5.75 Å². The number of benzene rings is 3. The second kappa shape index (κ2) is 10.6. The van der Waals surface area contributed by atoms with Crippen LogP contribution < -0.4 is 15.0 Å². The summed E-state index contributed by atoms with van der Waals surface area (Å²) in [6.07, 6.45) is 3.34. The lowest BCUT2D eigenvalue weighted by atomic mass is 10.0. The SMILES string of the molecule is COc1ccc(C(=O)NCCCc2nc3ccccc3n2CC(=O)N2CCCc3ccccc32)cc1. The molecule has 1 N–H and O–H groups in total. The van der Waals surface area contributed by atoms with Gasteiger partial charge in [0.25, 0.3) is 5.91 Å². The third-order valence-corrected chi connectivity index (χ3v) is 6.65. The summed E-state index contributed by atoms with van der Waals surface area (Å²) in [7, 11) is 1.60. The lowest BCUT2D eigenvalue weighted by Crippen LogP contribution is -2.38. The molecule has 7 heteroatoms. The van der Waals surface area contributed by atoms with Gasteiger partial charge in [0, 0.05) is 30.8 Å². The molecule has 2 heterocycles. The highest BCUT2D eigenvalue weighted by Gasteiger charge is 2.24. The lowest BCUT2D eigenvalue weighted by Gasteiger charge is -2.29. The number of carbonyl (C=O) groups is 2. The van der Waals surface area contributed by atoms with E-state index in [1.165, 1.54) is 5.56 Å². The first-order valence-electron chi connectivity index (χ1n) is 12.4. The van der Waals surface area contributed by atoms with Gasteiger partial charge in [0.05, 0.1) is 18.1 Å². The fourth-order valence-electron chi connectivity index (χ4n) is 4.80. The van der Waals surface area contributed by atoms with Crippen LogP contribution in [0.25, 0.3) is 11.0 Å². The minimum Gasteiger partial charge on any atom is -0.497 e. The van der Waals surface area contributed by atoms with Crippen molar-refractivity contribution in [3.63, 3.8) is 0 Å². The molecule has 7 nitrogen and oxygen atoms in total. The Hall–Kier alpha value is -4.13. The Balaban J connectivity index is 1.27. The number of aromatic nitrogens is 2. The fourth-order valence-corrected chi connectivity index (χ4v) is 4.80. The third kappa shape index (κ3) is 4.96. The molecule has 0 fully saturated rings. The number of aryl methyl sites for hydroxylation is 2. The summed E-state index contributed by atoms with van der Waals surface area (Å²) in [4.78, 5) is 32.6. The van der Waals surface area contributed by atoms with Crippen LogP contribution in [0.15, 0.2) is 72.8 Å². The molecule has 3 aromatic carbocycles. The molecule has 184 valence electrons. The highest BCUT2D eigenvalue weighted by Crippen LogP contribution is 2.27. The lowest BCUT2D eigenvalue weighted by molar-refractivity contribution is -0.119. The predicted molar refractivity (Wildman–Crippen MR) is 140 cm³/mol. The Kier molecular flexibility index (Phi) is 6.98. The Morgan fingerprint density at radius 3 is 2.61 bits per heavy atom. The number of rotatable bonds is 8. The quantitative estimate of drug-likeness (QED) is 0.378. The first-order chi connectivity index (χ1) is 17.6. The molecule has 4 aromatic rings. The van der Waals surface area contributed by atoms with Crippen molar-refractivity contribution in [2.24, 2.45) is 0 Å². The number of imidazole rings is 1. The zero-order chi connectivity index (χ0) is 24.9. The average molecular weight is 483 g/mol. The predicted octanol–water partition coefficient (Wildman–Crippen LogP) is 4.39. The first kappa shape index (κ1) is 23.6. The molecular weight excluding hydrogens is 452 g/mol. The van der Waals surface area contributed by atoms with Gasteiger partial charge < -0.3 is 19.5 Å². The van der Waals surface area contributed by atoms with Crippen LogP contribution in [0.2, 0.25) is 0 Å². The second-order valence-corrected chi connectivity index (χ2v) is 8.97. The molecule has 2 amide bonds. The van der Waals surface area contributed by atoms with Crippen molar-refractivity contribution < 1.29 is 14.3 Å². The molecule has 0 unspecified atom stereocenters. The van der Waals surface area contributed by atoms with Crippen molar-refractivity contribution in [2.75, 3.05) is 25.1 Å². The Labute approximate surface area is 210 Å². The number of para-hydroxylation sites is 3. The minimum atomic E-state index is -0.120. The maximum absolute atomic E-state index is 13.5. The van der Waals surface area contributed by atoms with E-state index in [9.17, 15) is 9.59 Å². The van der Waals surface area contributed by atoms with Crippen LogP contribution >= 0.6 is 0 Å². The van der Waals surface area contributed by atoms with E-state index in [0.29, 0.717) is 30.7 Å². The first-order valence-corrected chi connectivity index (χ1v) is 12.4. The van der Waals surface area contributed by atoms with Gasteiger partial charge in [0.2, 0.25) is 5.91 Å². The summed E-state index contributed by atoms with van der Waals surface area (Å²) in [6, 6.07) is 23.1. The molecule has 1 aliphatic heterocycles. The number of nitrogens with zero attached hydrogens (tertiary/aromatic N) is 3. The van der Waals surface area contributed by atoms with Crippen LogP contribution in [-0.4, -0.2) is 41.6 Å². The summed E-state index contributed by atoms with van der Waals surface area (Å²) < 4.78 is 7.18. The normalized spacial score (nSPS) is 12.9. The van der Waals surface area contributed by atoms with Crippen LogP contribution in [-0.2, 0) is 24.2 Å². The number of carbonyl (C=O) groups excluding carboxylic acids is 2. The van der Waals surface area contributed by atoms with Crippen molar-refractivity contribution in [1.82, 2.24) is 14.9 Å². The van der Waals surface area contributed by atoms with Gasteiger partial charge in [0.1, 0.15) is 18.1 Å². The Morgan fingerprint density at radius 1 is 1.00 bits per heavy atom. The molecule has 0 saturated carbocycles. The van der Waals surface area contributed by atoms with E-state index in [2.05, 4.69) is 11.4 Å². The number of anilines is 1. The number of amides is 2. The van der Waals surface area contributed by atoms with E-state index in [4.69, 9.17) is 9.72 Å². The van der Waals surface area contributed by atoms with Gasteiger partial charge in [-0.05, 0) is 67.3 Å². The molecule has 36 heavy (non-hydrogen) atoms. The van der Waals surface area contributed by atoms with Crippen LogP contribution in [0.3, 0.4) is 0 Å². The molecule has 0 spiro atoms. The number of nitrogens with one attached hydrogen (secondary N) is 1. The molecule has 0 atom stereocenters. The zero-order valence-electron chi connectivity index (χ0n) is 20.4. The smallest absolute Gasteiger partial charge is 0.251 e. The highest BCUT2D eigenvalue weighted by atomic mass is 16.5. The molecule has 0 radical (unpaired) electrons. The molecule has 0 saturated heterocycles. The summed E-state index contributed by atoms with van der Waals surface area (Å²) in [6.45, 7) is 1.49. The number of hydrogen-bond donors (Lipinski definition) is 1. The monoisotopic (exact) mass is 482 g/mol. The molecule has 0 aliphatic carbocycles. The van der Waals surface area contributed by atoms with E-state index in [1.54, 1.807) is 31.4 Å². The van der Waals surface area contributed by atoms with Crippen LogP contribution in [0, 0.1) is 0 Å². The largest absolute Gasteiger partial charge is 0.497 e. The number of fused-ring (bicyclic) bond motifs is 2. The summed E-state index contributed by atoms with van der Waals surface area (Å²) in [5.74, 6) is 1.52. The Bertz CT molecular complexity index is 1380. The van der Waals surface area contributed by atoms with Crippen molar-refractivity contribution >= 4 is 28.5 Å². The summed E-state index contributed by atoms with van der Waals surface area (Å²) >= 11 is 0. The number of ether oxygens (including phenoxy) is 1. The Morgan fingerprint density at radius 2 is 1.78 bits per heavy atom. The molecule has 0 bridgehead atoms. The number of methoxy groups -OCH3 is 1. The third-order valence-electron chi connectivity index (χ3n) is 6.65. The van der Waals surface area contributed by atoms with Gasteiger partial charge in [-0.15, -0.1) is 0 Å². The fraction of sp³-hybridized carbons (Fsp3) is 0.276. The maximum atomic E-state index is 13.5. The van der Waals surface area contributed by atoms with Gasteiger partial charge in [-0.1, -0.05) is 30.3 Å². The highest BCUT2D eigenvalue weighted by molar-refractivity contribution is 5.95. The summed E-state index contributed by atoms with van der Waals surface area (Å²) in [5, 5.41) is 2.97. The second-order valence-electron chi connectivity index (χ2n) is 8.97. The van der Waals surface area contributed by atoms with E-state index >= 15 is 0 Å². The molecule has 5 rings (SSSR count). The van der Waals surface area contributed by atoms with Gasteiger partial charge in [-0.25, -0.2) is 4.98 Å². The summed E-state index contributed by atoms with van der Waals surface area (Å²) in [5.41, 5.74) is 4.66. The topological polar surface area (TPSA) is 76.5 Å². The van der Waals surface area contributed by atoms with Crippen LogP contribution in [0.4, 0.5) is 5.69 Å². The van der Waals surface area contributed by atoms with Gasteiger partial charge in [-0.3, -0.25) is 9.59 Å². The van der Waals surface area contributed by atoms with E-state index in [1.807, 2.05) is 51.9 Å². The van der Waals surface area contributed by atoms with E-state index in [-0.39, 0.29) is 18.4 Å². The van der Waals surface area contributed by atoms with Crippen LogP contribution in [0.5, 0.6) is 5.75 Å². The van der Waals surface area contributed by atoms with Gasteiger partial charge in [0.15, 0.2) is 0 Å². The van der Waals surface area contributed by atoms with Crippen molar-refractivity contribution in [1.29, 1.82) is 0 Å². The molecular formula is C29H30N4O3. The molecule has 1 aromatic heterocycles. The van der Waals surface area contributed by atoms with Crippen molar-refractivity contribution in [2.45, 2.75) is 32.2 Å². The van der Waals surface area contributed by atoms with Gasteiger partial charge >= 0.3 is 0 Å². The van der Waals surface area contributed by atoms with Gasteiger partial charge in [-0.2, -0.15) is 0 Å².